The lowest BCUT2D eigenvalue weighted by molar-refractivity contribution is 0.0274. The van der Waals surface area contributed by atoms with Crippen molar-refractivity contribution < 1.29 is 19.1 Å². The molecule has 0 aromatic heterocycles. The van der Waals surface area contributed by atoms with Crippen LogP contribution >= 0.6 is 0 Å². The first-order chi connectivity index (χ1) is 10.6. The minimum atomic E-state index is -0.465. The van der Waals surface area contributed by atoms with Crippen molar-refractivity contribution in [3.05, 3.63) is 35.4 Å². The van der Waals surface area contributed by atoms with Gasteiger partial charge in [-0.2, -0.15) is 0 Å². The van der Waals surface area contributed by atoms with Crippen LogP contribution < -0.4 is 0 Å². The summed E-state index contributed by atoms with van der Waals surface area (Å²) in [6.07, 6.45) is 4.31. The number of esters is 2. The van der Waals surface area contributed by atoms with Crippen molar-refractivity contribution in [1.82, 2.24) is 0 Å². The average molecular weight is 306 g/mol. The molecule has 0 aliphatic rings. The Balaban J connectivity index is 2.76. The van der Waals surface area contributed by atoms with Gasteiger partial charge in [-0.1, -0.05) is 45.7 Å². The van der Waals surface area contributed by atoms with Crippen LogP contribution in [0.5, 0.6) is 0 Å². The summed E-state index contributed by atoms with van der Waals surface area (Å²) in [4.78, 5) is 24.4. The maximum atomic E-state index is 12.2. The van der Waals surface area contributed by atoms with Crippen molar-refractivity contribution >= 4 is 11.9 Å². The van der Waals surface area contributed by atoms with Crippen LogP contribution in [0.1, 0.15) is 73.6 Å². The third-order valence-corrected chi connectivity index (χ3v) is 3.53. The molecule has 0 radical (unpaired) electrons. The Labute approximate surface area is 132 Å². The summed E-state index contributed by atoms with van der Waals surface area (Å²) in [7, 11) is 0. The van der Waals surface area contributed by atoms with Crippen LogP contribution in [0.25, 0.3) is 0 Å². The van der Waals surface area contributed by atoms with Gasteiger partial charge in [-0.05, 0) is 31.4 Å². The molecule has 1 aromatic rings. The molecule has 0 fully saturated rings. The highest BCUT2D eigenvalue weighted by atomic mass is 16.5. The number of hydrogen-bond donors (Lipinski definition) is 0. The summed E-state index contributed by atoms with van der Waals surface area (Å²) in [5.41, 5.74) is 0.546. The zero-order valence-electron chi connectivity index (χ0n) is 13.8. The average Bonchev–Trinajstić information content (AvgIpc) is 2.56. The Bertz CT molecular complexity index is 478. The van der Waals surface area contributed by atoms with Crippen LogP contribution in [-0.2, 0) is 9.47 Å². The van der Waals surface area contributed by atoms with Gasteiger partial charge in [0.2, 0.25) is 0 Å². The molecule has 122 valence electrons. The number of rotatable bonds is 9. The van der Waals surface area contributed by atoms with Gasteiger partial charge < -0.3 is 9.47 Å². The normalized spacial score (nSPS) is 10.5. The summed E-state index contributed by atoms with van der Waals surface area (Å²) >= 11 is 0. The van der Waals surface area contributed by atoms with E-state index in [1.807, 2.05) is 13.8 Å². The highest BCUT2D eigenvalue weighted by Gasteiger charge is 2.20. The van der Waals surface area contributed by atoms with Crippen LogP contribution in [0.2, 0.25) is 0 Å². The molecule has 0 aliphatic heterocycles. The van der Waals surface area contributed by atoms with E-state index in [1.54, 1.807) is 24.3 Å². The Morgan fingerprint density at radius 2 is 1.55 bits per heavy atom. The molecule has 0 atom stereocenters. The van der Waals surface area contributed by atoms with Crippen LogP contribution in [-0.4, -0.2) is 24.6 Å². The van der Waals surface area contributed by atoms with Crippen molar-refractivity contribution in [3.8, 4) is 0 Å². The van der Waals surface area contributed by atoms with Crippen LogP contribution in [0.4, 0.5) is 0 Å². The molecule has 4 heteroatoms. The fourth-order valence-electron chi connectivity index (χ4n) is 2.10. The second kappa shape index (κ2) is 9.98. The molecule has 0 unspecified atom stereocenters. The number of benzene rings is 1. The number of carbonyl (C=O) groups excluding carboxylic acids is 2. The molecule has 22 heavy (non-hydrogen) atoms. The molecular weight excluding hydrogens is 280 g/mol. The zero-order valence-corrected chi connectivity index (χ0v) is 13.8. The second-order valence-corrected chi connectivity index (χ2v) is 5.23. The third kappa shape index (κ3) is 5.51. The van der Waals surface area contributed by atoms with E-state index in [1.165, 1.54) is 0 Å². The van der Waals surface area contributed by atoms with E-state index in [4.69, 9.17) is 9.47 Å². The SMILES string of the molecule is CCCCCOC(=O)c1ccccc1C(=O)OC(CC)CC. The Hall–Kier alpha value is -1.84. The van der Waals surface area contributed by atoms with Gasteiger partial charge in [-0.25, -0.2) is 9.59 Å². The molecule has 4 nitrogen and oxygen atoms in total. The Morgan fingerprint density at radius 3 is 2.09 bits per heavy atom. The summed E-state index contributed by atoms with van der Waals surface area (Å²) in [6.45, 7) is 6.40. The maximum absolute atomic E-state index is 12.2. The largest absolute Gasteiger partial charge is 0.462 e. The Kier molecular flexibility index (Phi) is 8.26. The summed E-state index contributed by atoms with van der Waals surface area (Å²) in [5, 5.41) is 0. The van der Waals surface area contributed by atoms with Crippen molar-refractivity contribution in [1.29, 1.82) is 0 Å². The minimum absolute atomic E-state index is 0.124. The molecule has 0 N–H and O–H groups in total. The molecule has 0 aliphatic carbocycles. The lowest BCUT2D eigenvalue weighted by atomic mass is 10.1. The number of hydrogen-bond acceptors (Lipinski definition) is 4. The van der Waals surface area contributed by atoms with Crippen LogP contribution in [0.3, 0.4) is 0 Å². The highest BCUT2D eigenvalue weighted by Crippen LogP contribution is 2.15. The van der Waals surface area contributed by atoms with Crippen LogP contribution in [0.15, 0.2) is 24.3 Å². The van der Waals surface area contributed by atoms with Crippen molar-refractivity contribution in [2.45, 2.75) is 59.0 Å². The van der Waals surface area contributed by atoms with Gasteiger partial charge in [-0.15, -0.1) is 0 Å². The number of ether oxygens (including phenoxy) is 2. The van der Waals surface area contributed by atoms with E-state index in [9.17, 15) is 9.59 Å². The van der Waals surface area contributed by atoms with Crippen molar-refractivity contribution in [2.24, 2.45) is 0 Å². The fourth-order valence-corrected chi connectivity index (χ4v) is 2.10. The zero-order chi connectivity index (χ0) is 16.4. The minimum Gasteiger partial charge on any atom is -0.462 e. The molecule has 0 saturated heterocycles. The van der Waals surface area contributed by atoms with E-state index < -0.39 is 11.9 Å². The van der Waals surface area contributed by atoms with E-state index in [0.29, 0.717) is 6.61 Å². The van der Waals surface area contributed by atoms with Crippen LogP contribution in [0, 0.1) is 0 Å². The molecule has 0 amide bonds. The first kappa shape index (κ1) is 18.2. The molecule has 0 spiro atoms. The molecule has 0 heterocycles. The first-order valence-electron chi connectivity index (χ1n) is 8.11. The van der Waals surface area contributed by atoms with Crippen molar-refractivity contribution in [2.75, 3.05) is 6.61 Å². The van der Waals surface area contributed by atoms with Gasteiger partial charge in [0, 0.05) is 0 Å². The predicted molar refractivity (Wildman–Crippen MR) is 86.0 cm³/mol. The Morgan fingerprint density at radius 1 is 0.955 bits per heavy atom. The van der Waals surface area contributed by atoms with Gasteiger partial charge in [-0.3, -0.25) is 0 Å². The van der Waals surface area contributed by atoms with Crippen molar-refractivity contribution in [3.63, 3.8) is 0 Å². The maximum Gasteiger partial charge on any atom is 0.339 e. The van der Waals surface area contributed by atoms with E-state index in [0.717, 1.165) is 32.1 Å². The monoisotopic (exact) mass is 306 g/mol. The van der Waals surface area contributed by atoms with Gasteiger partial charge >= 0.3 is 11.9 Å². The number of unbranched alkanes of at least 4 members (excludes halogenated alkanes) is 2. The summed E-state index contributed by atoms with van der Waals surface area (Å²) in [5.74, 6) is -0.928. The van der Waals surface area contributed by atoms with Gasteiger partial charge in [0.15, 0.2) is 0 Å². The molecule has 1 rings (SSSR count). The summed E-state index contributed by atoms with van der Waals surface area (Å²) < 4.78 is 10.7. The standard InChI is InChI=1S/C18H26O4/c1-4-7-10-13-21-17(19)15-11-8-9-12-16(15)18(20)22-14(5-2)6-3/h8-9,11-12,14H,4-7,10,13H2,1-3H3. The van der Waals surface area contributed by atoms with E-state index in [2.05, 4.69) is 6.92 Å². The first-order valence-corrected chi connectivity index (χ1v) is 8.11. The van der Waals surface area contributed by atoms with Gasteiger partial charge in [0.25, 0.3) is 0 Å². The number of carbonyl (C=O) groups is 2. The topological polar surface area (TPSA) is 52.6 Å². The smallest absolute Gasteiger partial charge is 0.339 e. The van der Waals surface area contributed by atoms with E-state index in [-0.39, 0.29) is 17.2 Å². The summed E-state index contributed by atoms with van der Waals surface area (Å²) in [6, 6.07) is 6.65. The predicted octanol–water partition coefficient (Wildman–Crippen LogP) is 4.38. The second-order valence-electron chi connectivity index (χ2n) is 5.23. The highest BCUT2D eigenvalue weighted by molar-refractivity contribution is 6.03. The lowest BCUT2D eigenvalue weighted by Gasteiger charge is -2.15. The van der Waals surface area contributed by atoms with E-state index >= 15 is 0 Å². The lowest BCUT2D eigenvalue weighted by Crippen LogP contribution is -2.19. The molecule has 0 saturated carbocycles. The quantitative estimate of drug-likeness (QED) is 0.502. The molecule has 0 bridgehead atoms. The van der Waals surface area contributed by atoms with Gasteiger partial charge in [0.1, 0.15) is 6.10 Å². The molecule has 1 aromatic carbocycles. The molecular formula is C18H26O4. The fraction of sp³-hybridized carbons (Fsp3) is 0.556. The van der Waals surface area contributed by atoms with Gasteiger partial charge in [0.05, 0.1) is 17.7 Å². The third-order valence-electron chi connectivity index (χ3n) is 3.53.